The van der Waals surface area contributed by atoms with Crippen molar-refractivity contribution >= 4 is 11.4 Å². The molecule has 1 fully saturated rings. The van der Waals surface area contributed by atoms with Gasteiger partial charge >= 0.3 is 0 Å². The Morgan fingerprint density at radius 2 is 2.00 bits per heavy atom. The summed E-state index contributed by atoms with van der Waals surface area (Å²) in [5.74, 6) is 0. The Bertz CT molecular complexity index is 588. The Hall–Kier alpha value is -1.91. The average Bonchev–Trinajstić information content (AvgIpc) is 2.57. The van der Waals surface area contributed by atoms with Crippen molar-refractivity contribution in [1.82, 2.24) is 15.2 Å². The number of aromatic nitrogens is 1. The Morgan fingerprint density at radius 3 is 2.77 bits per heavy atom. The highest BCUT2D eigenvalue weighted by Gasteiger charge is 2.09. The first kappa shape index (κ1) is 15.0. The summed E-state index contributed by atoms with van der Waals surface area (Å²) in [4.78, 5) is 6.85. The number of pyridine rings is 1. The van der Waals surface area contributed by atoms with Crippen molar-refractivity contribution in [1.29, 1.82) is 0 Å². The second-order valence-electron chi connectivity index (χ2n) is 5.86. The van der Waals surface area contributed by atoms with Gasteiger partial charge in [0.15, 0.2) is 0 Å². The topological polar surface area (TPSA) is 40.2 Å². The SMILES string of the molecule is Cc1ccc(Nc2cccc(CCN3CCNCC3)c2)cn1. The molecule has 3 rings (SSSR count). The molecule has 2 N–H and O–H groups in total. The molecule has 0 amide bonds. The van der Waals surface area contributed by atoms with Crippen molar-refractivity contribution in [2.75, 3.05) is 38.0 Å². The van der Waals surface area contributed by atoms with E-state index in [1.54, 1.807) is 0 Å². The maximum Gasteiger partial charge on any atom is 0.0570 e. The van der Waals surface area contributed by atoms with Gasteiger partial charge in [0.1, 0.15) is 0 Å². The van der Waals surface area contributed by atoms with Crippen molar-refractivity contribution < 1.29 is 0 Å². The lowest BCUT2D eigenvalue weighted by molar-refractivity contribution is 0.244. The number of aryl methyl sites for hydroxylation is 1. The number of hydrogen-bond donors (Lipinski definition) is 2. The Morgan fingerprint density at radius 1 is 1.14 bits per heavy atom. The maximum absolute atomic E-state index is 4.32. The van der Waals surface area contributed by atoms with Crippen LogP contribution in [0.2, 0.25) is 0 Å². The van der Waals surface area contributed by atoms with Gasteiger partial charge in [-0.05, 0) is 43.2 Å². The molecular weight excluding hydrogens is 272 g/mol. The Kier molecular flexibility index (Phi) is 5.03. The molecule has 22 heavy (non-hydrogen) atoms. The van der Waals surface area contributed by atoms with E-state index >= 15 is 0 Å². The minimum absolute atomic E-state index is 1.03. The predicted molar refractivity (Wildman–Crippen MR) is 91.7 cm³/mol. The fourth-order valence-electron chi connectivity index (χ4n) is 2.73. The van der Waals surface area contributed by atoms with E-state index in [4.69, 9.17) is 0 Å². The maximum atomic E-state index is 4.32. The molecule has 0 unspecified atom stereocenters. The van der Waals surface area contributed by atoms with E-state index < -0.39 is 0 Å². The molecule has 2 aromatic rings. The normalized spacial score (nSPS) is 15.7. The zero-order chi connectivity index (χ0) is 15.2. The summed E-state index contributed by atoms with van der Waals surface area (Å²) < 4.78 is 0. The standard InChI is InChI=1S/C18H24N4/c1-15-5-6-18(14-20-15)21-17-4-2-3-16(13-17)7-10-22-11-8-19-9-12-22/h2-6,13-14,19,21H,7-12H2,1H3. The number of nitrogens with zero attached hydrogens (tertiary/aromatic N) is 2. The molecule has 0 radical (unpaired) electrons. The number of nitrogens with one attached hydrogen (secondary N) is 2. The molecule has 1 aromatic carbocycles. The van der Waals surface area contributed by atoms with E-state index in [1.165, 1.54) is 5.56 Å². The lowest BCUT2D eigenvalue weighted by Gasteiger charge is -2.27. The average molecular weight is 296 g/mol. The number of anilines is 2. The summed E-state index contributed by atoms with van der Waals surface area (Å²) in [5, 5.41) is 6.82. The second-order valence-corrected chi connectivity index (χ2v) is 5.86. The molecule has 4 heteroatoms. The largest absolute Gasteiger partial charge is 0.354 e. The van der Waals surface area contributed by atoms with E-state index in [0.717, 1.165) is 56.2 Å². The Labute approximate surface area is 132 Å². The molecule has 116 valence electrons. The molecule has 2 heterocycles. The van der Waals surface area contributed by atoms with Crippen molar-refractivity contribution in [3.63, 3.8) is 0 Å². The number of benzene rings is 1. The van der Waals surface area contributed by atoms with Crippen molar-refractivity contribution in [2.45, 2.75) is 13.3 Å². The first-order chi connectivity index (χ1) is 10.8. The van der Waals surface area contributed by atoms with Crippen LogP contribution in [0.3, 0.4) is 0 Å². The molecule has 0 aliphatic carbocycles. The van der Waals surface area contributed by atoms with Crippen LogP contribution in [0.25, 0.3) is 0 Å². The molecule has 0 bridgehead atoms. The lowest BCUT2D eigenvalue weighted by atomic mass is 10.1. The first-order valence-electron chi connectivity index (χ1n) is 8.01. The van der Waals surface area contributed by atoms with Crippen LogP contribution in [0.5, 0.6) is 0 Å². The van der Waals surface area contributed by atoms with Crippen LogP contribution in [-0.4, -0.2) is 42.6 Å². The predicted octanol–water partition coefficient (Wildman–Crippen LogP) is 2.58. The summed E-state index contributed by atoms with van der Waals surface area (Å²) in [6, 6.07) is 12.8. The minimum Gasteiger partial charge on any atom is -0.354 e. The summed E-state index contributed by atoms with van der Waals surface area (Å²) in [6.07, 6.45) is 2.98. The third kappa shape index (κ3) is 4.29. The monoisotopic (exact) mass is 296 g/mol. The van der Waals surface area contributed by atoms with Gasteiger partial charge in [-0.1, -0.05) is 12.1 Å². The van der Waals surface area contributed by atoms with Crippen LogP contribution in [0.1, 0.15) is 11.3 Å². The molecular formula is C18H24N4. The molecule has 1 saturated heterocycles. The molecule has 1 aliphatic rings. The summed E-state index contributed by atoms with van der Waals surface area (Å²) in [5.41, 5.74) is 4.58. The quantitative estimate of drug-likeness (QED) is 0.890. The van der Waals surface area contributed by atoms with Gasteiger partial charge in [0.05, 0.1) is 11.9 Å². The number of rotatable bonds is 5. The van der Waals surface area contributed by atoms with E-state index in [0.29, 0.717) is 0 Å². The molecule has 1 aromatic heterocycles. The van der Waals surface area contributed by atoms with E-state index in [-0.39, 0.29) is 0 Å². The lowest BCUT2D eigenvalue weighted by Crippen LogP contribution is -2.44. The van der Waals surface area contributed by atoms with Gasteiger partial charge in [-0.15, -0.1) is 0 Å². The highest BCUT2D eigenvalue weighted by molar-refractivity contribution is 5.59. The van der Waals surface area contributed by atoms with E-state index in [9.17, 15) is 0 Å². The molecule has 1 aliphatic heterocycles. The highest BCUT2D eigenvalue weighted by Crippen LogP contribution is 2.17. The van der Waals surface area contributed by atoms with Gasteiger partial charge < -0.3 is 15.5 Å². The van der Waals surface area contributed by atoms with Crippen molar-refractivity contribution in [3.8, 4) is 0 Å². The molecule has 0 spiro atoms. The first-order valence-corrected chi connectivity index (χ1v) is 8.01. The van der Waals surface area contributed by atoms with Crippen LogP contribution in [0.4, 0.5) is 11.4 Å². The molecule has 0 saturated carbocycles. The van der Waals surface area contributed by atoms with Crippen LogP contribution in [-0.2, 0) is 6.42 Å². The summed E-state index contributed by atoms with van der Waals surface area (Å²) in [7, 11) is 0. The Balaban J connectivity index is 1.58. The van der Waals surface area contributed by atoms with Crippen LogP contribution >= 0.6 is 0 Å². The van der Waals surface area contributed by atoms with Crippen molar-refractivity contribution in [2.24, 2.45) is 0 Å². The fourth-order valence-corrected chi connectivity index (χ4v) is 2.73. The van der Waals surface area contributed by atoms with Crippen LogP contribution in [0.15, 0.2) is 42.6 Å². The van der Waals surface area contributed by atoms with E-state index in [2.05, 4.69) is 50.8 Å². The van der Waals surface area contributed by atoms with Gasteiger partial charge in [-0.3, -0.25) is 4.98 Å². The third-order valence-corrected chi connectivity index (χ3v) is 4.05. The second kappa shape index (κ2) is 7.38. The minimum atomic E-state index is 1.03. The zero-order valence-corrected chi connectivity index (χ0v) is 13.2. The van der Waals surface area contributed by atoms with Gasteiger partial charge in [0, 0.05) is 44.1 Å². The van der Waals surface area contributed by atoms with E-state index in [1.807, 2.05) is 19.2 Å². The number of hydrogen-bond acceptors (Lipinski definition) is 4. The van der Waals surface area contributed by atoms with Gasteiger partial charge in [0.25, 0.3) is 0 Å². The van der Waals surface area contributed by atoms with Crippen molar-refractivity contribution in [3.05, 3.63) is 53.9 Å². The zero-order valence-electron chi connectivity index (χ0n) is 13.2. The van der Waals surface area contributed by atoms with Gasteiger partial charge in [0.2, 0.25) is 0 Å². The molecule has 4 nitrogen and oxygen atoms in total. The third-order valence-electron chi connectivity index (χ3n) is 4.05. The number of piperazine rings is 1. The smallest absolute Gasteiger partial charge is 0.0570 e. The highest BCUT2D eigenvalue weighted by atomic mass is 15.2. The van der Waals surface area contributed by atoms with Crippen LogP contribution in [0, 0.1) is 6.92 Å². The molecule has 0 atom stereocenters. The summed E-state index contributed by atoms with van der Waals surface area (Å²) >= 11 is 0. The fraction of sp³-hybridized carbons (Fsp3) is 0.389. The van der Waals surface area contributed by atoms with Gasteiger partial charge in [-0.25, -0.2) is 0 Å². The summed E-state index contributed by atoms with van der Waals surface area (Å²) in [6.45, 7) is 7.68. The van der Waals surface area contributed by atoms with Crippen LogP contribution < -0.4 is 10.6 Å². The van der Waals surface area contributed by atoms with Gasteiger partial charge in [-0.2, -0.15) is 0 Å².